The molecule has 0 saturated carbocycles. The molecule has 1 amide bonds. The fourth-order valence-corrected chi connectivity index (χ4v) is 3.98. The lowest BCUT2D eigenvalue weighted by atomic mass is 10.1. The lowest BCUT2D eigenvalue weighted by molar-refractivity contribution is -0.130. The van der Waals surface area contributed by atoms with Gasteiger partial charge in [0, 0.05) is 29.7 Å². The van der Waals surface area contributed by atoms with E-state index in [9.17, 15) is 4.79 Å². The predicted octanol–water partition coefficient (Wildman–Crippen LogP) is 3.09. The van der Waals surface area contributed by atoms with Crippen LogP contribution >= 0.6 is 11.3 Å². The third-order valence-electron chi connectivity index (χ3n) is 4.34. The third-order valence-corrected chi connectivity index (χ3v) is 5.24. The van der Waals surface area contributed by atoms with Crippen molar-refractivity contribution in [3.8, 4) is 10.4 Å². The molecule has 1 aliphatic heterocycles. The van der Waals surface area contributed by atoms with Crippen LogP contribution in [0.5, 0.6) is 0 Å². The van der Waals surface area contributed by atoms with Crippen LogP contribution in [-0.2, 0) is 11.3 Å². The smallest absolute Gasteiger partial charge is 0.244 e. The Morgan fingerprint density at radius 3 is 2.87 bits per heavy atom. The molecular weight excluding hydrogens is 308 g/mol. The Hall–Kier alpha value is -2.21. The molecule has 0 aliphatic carbocycles. The van der Waals surface area contributed by atoms with Crippen LogP contribution in [0.4, 0.5) is 0 Å². The highest BCUT2D eigenvalue weighted by Gasteiger charge is 2.21. The highest BCUT2D eigenvalue weighted by atomic mass is 32.1. The maximum Gasteiger partial charge on any atom is 0.244 e. The number of hydrogen-bond acceptors (Lipinski definition) is 4. The van der Waals surface area contributed by atoms with Crippen LogP contribution in [0.2, 0.25) is 0 Å². The number of carbonyl (C=O) groups excluding carboxylic acids is 1. The van der Waals surface area contributed by atoms with Gasteiger partial charge in [0.15, 0.2) is 5.65 Å². The van der Waals surface area contributed by atoms with E-state index in [0.717, 1.165) is 48.2 Å². The molecule has 4 heterocycles. The highest BCUT2D eigenvalue weighted by Crippen LogP contribution is 2.32. The van der Waals surface area contributed by atoms with Crippen LogP contribution in [0.1, 0.15) is 18.5 Å². The van der Waals surface area contributed by atoms with E-state index in [1.54, 1.807) is 22.2 Å². The molecule has 0 bridgehead atoms. The molecule has 0 N–H and O–H groups in total. The molecule has 1 aliphatic rings. The van der Waals surface area contributed by atoms with E-state index in [2.05, 4.69) is 21.5 Å². The minimum absolute atomic E-state index is 0.134. The SMILES string of the molecule is Cc1nn(CC(=O)N2CCCC2)c2nccc(-c3cccs3)c12. The molecule has 1 fully saturated rings. The lowest BCUT2D eigenvalue weighted by Gasteiger charge is -2.15. The van der Waals surface area contributed by atoms with Crippen molar-refractivity contribution in [3.63, 3.8) is 0 Å². The molecule has 0 unspecified atom stereocenters. The molecule has 0 aromatic carbocycles. The number of aromatic nitrogens is 3. The van der Waals surface area contributed by atoms with Crippen molar-refractivity contribution in [2.75, 3.05) is 13.1 Å². The van der Waals surface area contributed by atoms with E-state index in [-0.39, 0.29) is 12.5 Å². The van der Waals surface area contributed by atoms with E-state index in [1.807, 2.05) is 24.0 Å². The second-order valence-corrected chi connectivity index (χ2v) is 6.81. The van der Waals surface area contributed by atoms with Gasteiger partial charge in [-0.25, -0.2) is 9.67 Å². The van der Waals surface area contributed by atoms with Gasteiger partial charge >= 0.3 is 0 Å². The van der Waals surface area contributed by atoms with Crippen molar-refractivity contribution in [1.82, 2.24) is 19.7 Å². The maximum atomic E-state index is 12.4. The first-order valence-corrected chi connectivity index (χ1v) is 8.76. The van der Waals surface area contributed by atoms with Gasteiger partial charge in [-0.2, -0.15) is 5.10 Å². The largest absolute Gasteiger partial charge is 0.341 e. The van der Waals surface area contributed by atoms with Gasteiger partial charge in [0.05, 0.1) is 11.1 Å². The zero-order valence-corrected chi connectivity index (χ0v) is 13.8. The summed E-state index contributed by atoms with van der Waals surface area (Å²) in [5, 5.41) is 7.70. The normalized spacial score (nSPS) is 14.7. The second-order valence-electron chi connectivity index (χ2n) is 5.87. The molecule has 1 saturated heterocycles. The Labute approximate surface area is 138 Å². The first-order valence-electron chi connectivity index (χ1n) is 7.88. The number of carbonyl (C=O) groups is 1. The summed E-state index contributed by atoms with van der Waals surface area (Å²) in [4.78, 5) is 20.0. The fourth-order valence-electron chi connectivity index (χ4n) is 3.22. The molecule has 0 spiro atoms. The summed E-state index contributed by atoms with van der Waals surface area (Å²) in [6.07, 6.45) is 4.01. The van der Waals surface area contributed by atoms with Crippen molar-refractivity contribution in [2.45, 2.75) is 26.3 Å². The Bertz CT molecular complexity index is 847. The summed E-state index contributed by atoms with van der Waals surface area (Å²) in [7, 11) is 0. The number of pyridine rings is 1. The van der Waals surface area contributed by atoms with Gasteiger partial charge in [0.2, 0.25) is 5.91 Å². The minimum atomic E-state index is 0.134. The summed E-state index contributed by atoms with van der Waals surface area (Å²) in [6, 6.07) is 6.17. The number of thiophene rings is 1. The van der Waals surface area contributed by atoms with Crippen molar-refractivity contribution in [2.24, 2.45) is 0 Å². The number of likely N-dealkylation sites (tertiary alicyclic amines) is 1. The van der Waals surface area contributed by atoms with E-state index < -0.39 is 0 Å². The number of aryl methyl sites for hydroxylation is 1. The van der Waals surface area contributed by atoms with Gasteiger partial charge in [-0.05, 0) is 37.3 Å². The summed E-state index contributed by atoms with van der Waals surface area (Å²) in [5.41, 5.74) is 2.86. The van der Waals surface area contributed by atoms with Crippen LogP contribution in [0.3, 0.4) is 0 Å². The van der Waals surface area contributed by atoms with E-state index in [4.69, 9.17) is 0 Å². The second kappa shape index (κ2) is 5.77. The summed E-state index contributed by atoms with van der Waals surface area (Å²) in [5.74, 6) is 0.134. The summed E-state index contributed by atoms with van der Waals surface area (Å²) < 4.78 is 1.75. The number of fused-ring (bicyclic) bond motifs is 1. The van der Waals surface area contributed by atoms with Gasteiger partial charge in [-0.15, -0.1) is 11.3 Å². The monoisotopic (exact) mass is 326 g/mol. The highest BCUT2D eigenvalue weighted by molar-refractivity contribution is 7.13. The van der Waals surface area contributed by atoms with Gasteiger partial charge in [0.25, 0.3) is 0 Å². The van der Waals surface area contributed by atoms with Crippen LogP contribution in [0.15, 0.2) is 29.8 Å². The molecule has 5 nitrogen and oxygen atoms in total. The van der Waals surface area contributed by atoms with Gasteiger partial charge in [-0.3, -0.25) is 4.79 Å². The molecule has 3 aromatic rings. The maximum absolute atomic E-state index is 12.4. The van der Waals surface area contributed by atoms with Gasteiger partial charge in [0.1, 0.15) is 6.54 Å². The van der Waals surface area contributed by atoms with Crippen LogP contribution in [0.25, 0.3) is 21.5 Å². The molecule has 6 heteroatoms. The Kier molecular flexibility index (Phi) is 3.61. The molecule has 0 radical (unpaired) electrons. The Balaban J connectivity index is 1.74. The molecular formula is C17H18N4OS. The van der Waals surface area contributed by atoms with E-state index in [0.29, 0.717) is 0 Å². The Morgan fingerprint density at radius 1 is 1.30 bits per heavy atom. The first kappa shape index (κ1) is 14.4. The molecule has 3 aromatic heterocycles. The average molecular weight is 326 g/mol. The van der Waals surface area contributed by atoms with Crippen LogP contribution in [0, 0.1) is 6.92 Å². The van der Waals surface area contributed by atoms with Crippen molar-refractivity contribution in [1.29, 1.82) is 0 Å². The molecule has 4 rings (SSSR count). The fraction of sp³-hybridized carbons (Fsp3) is 0.353. The van der Waals surface area contributed by atoms with E-state index >= 15 is 0 Å². The van der Waals surface area contributed by atoms with Crippen molar-refractivity contribution in [3.05, 3.63) is 35.5 Å². The summed E-state index contributed by atoms with van der Waals surface area (Å²) >= 11 is 1.70. The van der Waals surface area contributed by atoms with E-state index in [1.165, 1.54) is 4.88 Å². The molecule has 23 heavy (non-hydrogen) atoms. The number of rotatable bonds is 3. The zero-order valence-electron chi connectivity index (χ0n) is 13.0. The zero-order chi connectivity index (χ0) is 15.8. The lowest BCUT2D eigenvalue weighted by Crippen LogP contribution is -2.31. The van der Waals surface area contributed by atoms with Gasteiger partial charge < -0.3 is 4.90 Å². The Morgan fingerprint density at radius 2 is 2.13 bits per heavy atom. The quantitative estimate of drug-likeness (QED) is 0.743. The van der Waals surface area contributed by atoms with Crippen molar-refractivity contribution < 1.29 is 4.79 Å². The molecule has 0 atom stereocenters. The van der Waals surface area contributed by atoms with Crippen molar-refractivity contribution >= 4 is 28.3 Å². The molecule has 118 valence electrons. The van der Waals surface area contributed by atoms with Crippen LogP contribution in [-0.4, -0.2) is 38.7 Å². The predicted molar refractivity (Wildman–Crippen MR) is 91.4 cm³/mol. The summed E-state index contributed by atoms with van der Waals surface area (Å²) in [6.45, 7) is 3.99. The number of hydrogen-bond donors (Lipinski definition) is 0. The first-order chi connectivity index (χ1) is 11.2. The topological polar surface area (TPSA) is 51.0 Å². The third kappa shape index (κ3) is 2.53. The van der Waals surface area contributed by atoms with Crippen LogP contribution < -0.4 is 0 Å². The number of amides is 1. The van der Waals surface area contributed by atoms with Gasteiger partial charge in [-0.1, -0.05) is 6.07 Å². The minimum Gasteiger partial charge on any atom is -0.341 e. The number of nitrogens with zero attached hydrogens (tertiary/aromatic N) is 4. The average Bonchev–Trinajstić information content (AvgIpc) is 3.29. The standard InChI is InChI=1S/C17H18N4OS/c1-12-16-13(14-5-4-10-23-14)6-7-18-17(16)21(19-12)11-15(22)20-8-2-3-9-20/h4-7,10H,2-3,8-9,11H2,1H3.